The van der Waals surface area contributed by atoms with E-state index in [-0.39, 0.29) is 0 Å². The number of benzene rings is 1. The summed E-state index contributed by atoms with van der Waals surface area (Å²) in [6.45, 7) is 3.01. The van der Waals surface area contributed by atoms with Crippen LogP contribution < -0.4 is 10.2 Å². The summed E-state index contributed by atoms with van der Waals surface area (Å²) in [4.78, 5) is 0. The first-order valence-electron chi connectivity index (χ1n) is 5.74. The largest absolute Gasteiger partial charge is 0.492 e. The Bertz CT molecular complexity index is 500. The highest BCUT2D eigenvalue weighted by Crippen LogP contribution is 2.11. The zero-order valence-corrected chi connectivity index (χ0v) is 10.2. The first-order valence-corrected chi connectivity index (χ1v) is 5.74. The van der Waals surface area contributed by atoms with E-state index < -0.39 is 7.12 Å². The average molecular weight is 246 g/mol. The van der Waals surface area contributed by atoms with E-state index in [0.717, 1.165) is 5.56 Å². The highest BCUT2D eigenvalue weighted by molar-refractivity contribution is 6.59. The molecule has 2 rings (SSSR count). The summed E-state index contributed by atoms with van der Waals surface area (Å²) in [6, 6.07) is 7.04. The quantitative estimate of drug-likeness (QED) is 0.726. The molecule has 0 saturated carbocycles. The van der Waals surface area contributed by atoms with Gasteiger partial charge in [-0.1, -0.05) is 6.07 Å². The number of ether oxygens (including phenoxy) is 1. The summed E-state index contributed by atoms with van der Waals surface area (Å²) >= 11 is 0. The molecule has 0 unspecified atom stereocenters. The van der Waals surface area contributed by atoms with Crippen molar-refractivity contribution in [3.05, 3.63) is 42.2 Å². The van der Waals surface area contributed by atoms with Crippen LogP contribution in [-0.2, 0) is 6.54 Å². The predicted molar refractivity (Wildman–Crippen MR) is 68.7 cm³/mol. The van der Waals surface area contributed by atoms with E-state index in [0.29, 0.717) is 24.4 Å². The standard InChI is InChI=1S/C12H15BN2O3/c1-10-9-11(3-4-12(10)13(16)17)18-8-7-15-6-2-5-14-15/h2-6,9,16-17H,7-8H2,1H3. The van der Waals surface area contributed by atoms with Gasteiger partial charge in [-0.3, -0.25) is 4.68 Å². The van der Waals surface area contributed by atoms with Crippen LogP contribution in [0.3, 0.4) is 0 Å². The molecule has 5 nitrogen and oxygen atoms in total. The molecule has 0 radical (unpaired) electrons. The van der Waals surface area contributed by atoms with Gasteiger partial charge in [-0.25, -0.2) is 0 Å². The smallest absolute Gasteiger partial charge is 0.488 e. The van der Waals surface area contributed by atoms with E-state index in [4.69, 9.17) is 14.8 Å². The number of aryl methyl sites for hydroxylation is 1. The molecule has 18 heavy (non-hydrogen) atoms. The van der Waals surface area contributed by atoms with Crippen LogP contribution in [0.2, 0.25) is 0 Å². The molecule has 0 amide bonds. The Kier molecular flexibility index (Phi) is 4.01. The van der Waals surface area contributed by atoms with Gasteiger partial charge in [0.1, 0.15) is 12.4 Å². The first-order chi connectivity index (χ1) is 8.66. The normalized spacial score (nSPS) is 10.4. The van der Waals surface area contributed by atoms with Gasteiger partial charge in [0, 0.05) is 12.4 Å². The van der Waals surface area contributed by atoms with Crippen LogP contribution in [0.25, 0.3) is 0 Å². The van der Waals surface area contributed by atoms with Crippen molar-refractivity contribution in [2.24, 2.45) is 0 Å². The lowest BCUT2D eigenvalue weighted by Gasteiger charge is -2.09. The van der Waals surface area contributed by atoms with Crippen LogP contribution in [0, 0.1) is 6.92 Å². The zero-order chi connectivity index (χ0) is 13.0. The van der Waals surface area contributed by atoms with Crippen molar-refractivity contribution in [2.45, 2.75) is 13.5 Å². The molecular formula is C12H15BN2O3. The van der Waals surface area contributed by atoms with Crippen LogP contribution in [0.15, 0.2) is 36.7 Å². The number of aromatic nitrogens is 2. The monoisotopic (exact) mass is 246 g/mol. The fraction of sp³-hybridized carbons (Fsp3) is 0.250. The third-order valence-corrected chi connectivity index (χ3v) is 2.67. The van der Waals surface area contributed by atoms with E-state index in [2.05, 4.69) is 5.10 Å². The van der Waals surface area contributed by atoms with Crippen LogP contribution in [0.4, 0.5) is 0 Å². The van der Waals surface area contributed by atoms with Crippen LogP contribution in [0.1, 0.15) is 5.56 Å². The second kappa shape index (κ2) is 5.70. The molecule has 1 aromatic carbocycles. The summed E-state index contributed by atoms with van der Waals surface area (Å²) in [5.41, 5.74) is 1.29. The highest BCUT2D eigenvalue weighted by atomic mass is 16.5. The summed E-state index contributed by atoms with van der Waals surface area (Å²) in [5, 5.41) is 22.3. The van der Waals surface area contributed by atoms with Gasteiger partial charge >= 0.3 is 7.12 Å². The van der Waals surface area contributed by atoms with Gasteiger partial charge in [0.15, 0.2) is 0 Å². The van der Waals surface area contributed by atoms with E-state index in [9.17, 15) is 0 Å². The molecule has 0 aliphatic rings. The van der Waals surface area contributed by atoms with E-state index in [1.807, 2.05) is 19.2 Å². The second-order valence-corrected chi connectivity index (χ2v) is 4.01. The average Bonchev–Trinajstić information content (AvgIpc) is 2.81. The Balaban J connectivity index is 1.92. The maximum Gasteiger partial charge on any atom is 0.488 e. The molecule has 2 aromatic rings. The fourth-order valence-corrected chi connectivity index (χ4v) is 1.72. The topological polar surface area (TPSA) is 67.5 Å². The molecule has 0 bridgehead atoms. The molecule has 0 aliphatic heterocycles. The van der Waals surface area contributed by atoms with Crippen LogP contribution >= 0.6 is 0 Å². The summed E-state index contributed by atoms with van der Waals surface area (Å²) in [7, 11) is -1.44. The van der Waals surface area contributed by atoms with Gasteiger partial charge < -0.3 is 14.8 Å². The van der Waals surface area contributed by atoms with Gasteiger partial charge in [-0.2, -0.15) is 5.10 Å². The number of hydrogen-bond acceptors (Lipinski definition) is 4. The Morgan fingerprint density at radius 2 is 2.22 bits per heavy atom. The van der Waals surface area contributed by atoms with E-state index >= 15 is 0 Å². The Morgan fingerprint density at radius 1 is 1.39 bits per heavy atom. The lowest BCUT2D eigenvalue weighted by Crippen LogP contribution is -2.31. The molecule has 6 heteroatoms. The van der Waals surface area contributed by atoms with Crippen LogP contribution in [0.5, 0.6) is 5.75 Å². The van der Waals surface area contributed by atoms with Gasteiger partial charge in [-0.05, 0) is 36.1 Å². The lowest BCUT2D eigenvalue weighted by molar-refractivity contribution is 0.291. The van der Waals surface area contributed by atoms with Crippen molar-refractivity contribution in [2.75, 3.05) is 6.61 Å². The summed E-state index contributed by atoms with van der Waals surface area (Å²) in [5.74, 6) is 0.712. The SMILES string of the molecule is Cc1cc(OCCn2cccn2)ccc1B(O)O. The Labute approximate surface area is 106 Å². The molecule has 0 saturated heterocycles. The Hall–Kier alpha value is -1.79. The first kappa shape index (κ1) is 12.7. The minimum atomic E-state index is -1.44. The number of nitrogens with zero attached hydrogens (tertiary/aromatic N) is 2. The molecule has 1 heterocycles. The third kappa shape index (κ3) is 3.12. The van der Waals surface area contributed by atoms with Crippen molar-refractivity contribution >= 4 is 12.6 Å². The van der Waals surface area contributed by atoms with Gasteiger partial charge in [0.2, 0.25) is 0 Å². The fourth-order valence-electron chi connectivity index (χ4n) is 1.72. The van der Waals surface area contributed by atoms with Crippen molar-refractivity contribution in [3.8, 4) is 5.75 Å². The number of hydrogen-bond donors (Lipinski definition) is 2. The Morgan fingerprint density at radius 3 is 2.83 bits per heavy atom. The molecular weight excluding hydrogens is 231 g/mol. The molecule has 1 aromatic heterocycles. The van der Waals surface area contributed by atoms with Gasteiger partial charge in [0.25, 0.3) is 0 Å². The third-order valence-electron chi connectivity index (χ3n) is 2.67. The van der Waals surface area contributed by atoms with Gasteiger partial charge in [0.05, 0.1) is 6.54 Å². The minimum Gasteiger partial charge on any atom is -0.492 e. The van der Waals surface area contributed by atoms with E-state index in [1.54, 1.807) is 29.1 Å². The van der Waals surface area contributed by atoms with Crippen molar-refractivity contribution in [3.63, 3.8) is 0 Å². The maximum atomic E-state index is 9.10. The van der Waals surface area contributed by atoms with E-state index in [1.165, 1.54) is 0 Å². The zero-order valence-electron chi connectivity index (χ0n) is 10.2. The van der Waals surface area contributed by atoms with Crippen LogP contribution in [-0.4, -0.2) is 33.6 Å². The maximum absolute atomic E-state index is 9.10. The second-order valence-electron chi connectivity index (χ2n) is 4.01. The summed E-state index contributed by atoms with van der Waals surface area (Å²) in [6.07, 6.45) is 3.60. The molecule has 0 fully saturated rings. The molecule has 0 spiro atoms. The number of rotatable bonds is 5. The highest BCUT2D eigenvalue weighted by Gasteiger charge is 2.13. The van der Waals surface area contributed by atoms with Crippen molar-refractivity contribution < 1.29 is 14.8 Å². The van der Waals surface area contributed by atoms with Gasteiger partial charge in [-0.15, -0.1) is 0 Å². The predicted octanol–water partition coefficient (Wildman–Crippen LogP) is -0.0497. The lowest BCUT2D eigenvalue weighted by atomic mass is 9.77. The van der Waals surface area contributed by atoms with Crippen molar-refractivity contribution in [1.82, 2.24) is 9.78 Å². The molecule has 2 N–H and O–H groups in total. The summed E-state index contributed by atoms with van der Waals surface area (Å²) < 4.78 is 7.36. The molecule has 0 aliphatic carbocycles. The minimum absolute atomic E-state index is 0.495. The molecule has 0 atom stereocenters. The molecule has 94 valence electrons. The van der Waals surface area contributed by atoms with Crippen molar-refractivity contribution in [1.29, 1.82) is 0 Å².